The third-order valence-electron chi connectivity index (χ3n) is 3.73. The molecule has 0 bridgehead atoms. The van der Waals surface area contributed by atoms with Crippen molar-refractivity contribution in [1.82, 2.24) is 0 Å². The van der Waals surface area contributed by atoms with Gasteiger partial charge in [0, 0.05) is 4.47 Å². The fourth-order valence-corrected chi connectivity index (χ4v) is 3.35. The zero-order valence-corrected chi connectivity index (χ0v) is 13.0. The number of hydrogen-bond acceptors (Lipinski definition) is 2. The Kier molecular flexibility index (Phi) is 3.81. The molecule has 1 aliphatic carbocycles. The average molecular weight is 333 g/mol. The molecule has 0 radical (unpaired) electrons. The summed E-state index contributed by atoms with van der Waals surface area (Å²) in [5.41, 5.74) is 3.72. The lowest BCUT2D eigenvalue weighted by Crippen LogP contribution is -1.93. The minimum Gasteiger partial charge on any atom is -0.457 e. The molecule has 0 aromatic heterocycles. The number of fused-ring (bicyclic) bond motifs is 1. The molecule has 1 N–H and O–H groups in total. The highest BCUT2D eigenvalue weighted by molar-refractivity contribution is 9.10. The van der Waals surface area contributed by atoms with E-state index in [1.165, 1.54) is 24.0 Å². The number of rotatable bonds is 3. The highest BCUT2D eigenvalue weighted by atomic mass is 79.9. The predicted molar refractivity (Wildman–Crippen MR) is 83.3 cm³/mol. The maximum atomic E-state index is 9.62. The molecule has 0 fully saturated rings. The van der Waals surface area contributed by atoms with E-state index in [-0.39, 0.29) is 0 Å². The lowest BCUT2D eigenvalue weighted by molar-refractivity contribution is 0.198. The maximum absolute atomic E-state index is 9.62. The fraction of sp³-hybridized carbons (Fsp3) is 0.294. The molecule has 0 unspecified atom stereocenters. The minimum atomic E-state index is -0.488. The van der Waals surface area contributed by atoms with Gasteiger partial charge in [0.15, 0.2) is 0 Å². The van der Waals surface area contributed by atoms with Crippen molar-refractivity contribution in [3.05, 3.63) is 57.6 Å². The zero-order chi connectivity index (χ0) is 14.1. The number of ether oxygens (including phenoxy) is 1. The van der Waals surface area contributed by atoms with Gasteiger partial charge < -0.3 is 9.84 Å². The monoisotopic (exact) mass is 332 g/mol. The highest BCUT2D eigenvalue weighted by Gasteiger charge is 2.12. The number of aryl methyl sites for hydroxylation is 2. The van der Waals surface area contributed by atoms with Crippen LogP contribution in [0.25, 0.3) is 0 Å². The number of benzene rings is 2. The predicted octanol–water partition coefficient (Wildman–Crippen LogP) is 4.78. The second-order valence-corrected chi connectivity index (χ2v) is 6.10. The molecule has 2 nitrogen and oxygen atoms in total. The summed E-state index contributed by atoms with van der Waals surface area (Å²) in [4.78, 5) is 0. The van der Waals surface area contributed by atoms with Crippen LogP contribution < -0.4 is 4.74 Å². The third-order valence-corrected chi connectivity index (χ3v) is 4.41. The van der Waals surface area contributed by atoms with Crippen LogP contribution in [-0.4, -0.2) is 5.11 Å². The summed E-state index contributed by atoms with van der Waals surface area (Å²) in [6, 6.07) is 12.0. The van der Waals surface area contributed by atoms with Crippen LogP contribution >= 0.6 is 15.9 Å². The first-order valence-corrected chi connectivity index (χ1v) is 7.70. The zero-order valence-electron chi connectivity index (χ0n) is 11.4. The summed E-state index contributed by atoms with van der Waals surface area (Å²) in [5.74, 6) is 1.65. The van der Waals surface area contributed by atoms with Crippen LogP contribution in [0.15, 0.2) is 40.9 Å². The molecule has 2 aromatic carbocycles. The van der Waals surface area contributed by atoms with Gasteiger partial charge in [-0.25, -0.2) is 0 Å². The largest absolute Gasteiger partial charge is 0.457 e. The molecule has 0 heterocycles. The first kappa shape index (κ1) is 13.7. The molecule has 1 aliphatic rings. The van der Waals surface area contributed by atoms with Crippen LogP contribution in [0.3, 0.4) is 0 Å². The van der Waals surface area contributed by atoms with E-state index < -0.39 is 6.10 Å². The van der Waals surface area contributed by atoms with Crippen LogP contribution in [0.1, 0.15) is 36.1 Å². The van der Waals surface area contributed by atoms with Crippen LogP contribution in [0.4, 0.5) is 0 Å². The average Bonchev–Trinajstić information content (AvgIpc) is 2.85. The molecule has 2 aromatic rings. The van der Waals surface area contributed by atoms with Gasteiger partial charge >= 0.3 is 0 Å². The van der Waals surface area contributed by atoms with Crippen molar-refractivity contribution in [3.8, 4) is 11.5 Å². The summed E-state index contributed by atoms with van der Waals surface area (Å²) in [7, 11) is 0. The number of aliphatic hydroxyl groups is 1. The Hall–Kier alpha value is -1.32. The molecular formula is C17H17BrO2. The van der Waals surface area contributed by atoms with E-state index >= 15 is 0 Å². The standard InChI is InChI=1S/C17H17BrO2/c1-11(19)16-8-7-15(10-17(16)18)20-14-6-5-12-3-2-4-13(12)9-14/h5-11,19H,2-4H2,1H3/t11-/m0/s1. The molecule has 0 amide bonds. The van der Waals surface area contributed by atoms with E-state index in [4.69, 9.17) is 4.74 Å². The van der Waals surface area contributed by atoms with Crippen LogP contribution in [0.5, 0.6) is 11.5 Å². The first-order chi connectivity index (χ1) is 9.63. The normalized spacial score (nSPS) is 14.9. The van der Waals surface area contributed by atoms with Gasteiger partial charge in [0.1, 0.15) is 11.5 Å². The van der Waals surface area contributed by atoms with Gasteiger partial charge in [-0.15, -0.1) is 0 Å². The Labute approximate surface area is 127 Å². The van der Waals surface area contributed by atoms with Gasteiger partial charge in [0.2, 0.25) is 0 Å². The molecule has 3 heteroatoms. The maximum Gasteiger partial charge on any atom is 0.128 e. The molecule has 3 rings (SSSR count). The van der Waals surface area contributed by atoms with Gasteiger partial charge in [0.05, 0.1) is 6.10 Å². The summed E-state index contributed by atoms with van der Waals surface area (Å²) in [6.45, 7) is 1.75. The number of hydrogen-bond donors (Lipinski definition) is 1. The van der Waals surface area contributed by atoms with E-state index in [0.29, 0.717) is 0 Å². The van der Waals surface area contributed by atoms with Crippen molar-refractivity contribution in [1.29, 1.82) is 0 Å². The topological polar surface area (TPSA) is 29.5 Å². The van der Waals surface area contributed by atoms with E-state index in [1.807, 2.05) is 24.3 Å². The van der Waals surface area contributed by atoms with Gasteiger partial charge in [-0.05, 0) is 67.1 Å². The third kappa shape index (κ3) is 2.74. The van der Waals surface area contributed by atoms with E-state index in [9.17, 15) is 5.11 Å². The number of aliphatic hydroxyl groups excluding tert-OH is 1. The van der Waals surface area contributed by atoms with E-state index in [0.717, 1.165) is 28.0 Å². The quantitative estimate of drug-likeness (QED) is 0.876. The second-order valence-electron chi connectivity index (χ2n) is 5.25. The smallest absolute Gasteiger partial charge is 0.128 e. The Morgan fingerprint density at radius 1 is 1.05 bits per heavy atom. The number of halogens is 1. The molecular weight excluding hydrogens is 316 g/mol. The molecule has 0 saturated carbocycles. The Morgan fingerprint density at radius 3 is 2.50 bits per heavy atom. The summed E-state index contributed by atoms with van der Waals surface area (Å²) in [6.07, 6.45) is 3.09. The van der Waals surface area contributed by atoms with Crippen molar-refractivity contribution in [3.63, 3.8) is 0 Å². The molecule has 20 heavy (non-hydrogen) atoms. The Bertz CT molecular complexity index is 635. The molecule has 104 valence electrons. The molecule has 0 saturated heterocycles. The van der Waals surface area contributed by atoms with Crippen molar-refractivity contribution in [2.24, 2.45) is 0 Å². The first-order valence-electron chi connectivity index (χ1n) is 6.90. The summed E-state index contributed by atoms with van der Waals surface area (Å²) >= 11 is 3.47. The molecule has 1 atom stereocenters. The van der Waals surface area contributed by atoms with Crippen LogP contribution in [0, 0.1) is 0 Å². The highest BCUT2D eigenvalue weighted by Crippen LogP contribution is 2.32. The van der Waals surface area contributed by atoms with Crippen molar-refractivity contribution in [2.45, 2.75) is 32.3 Å². The lowest BCUT2D eigenvalue weighted by atomic mass is 10.1. The van der Waals surface area contributed by atoms with Crippen molar-refractivity contribution >= 4 is 15.9 Å². The SMILES string of the molecule is C[C@H](O)c1ccc(Oc2ccc3c(c2)CCC3)cc1Br. The molecule has 0 spiro atoms. The van der Waals surface area contributed by atoms with Gasteiger partial charge in [-0.3, -0.25) is 0 Å². The van der Waals surface area contributed by atoms with Crippen molar-refractivity contribution < 1.29 is 9.84 Å². The van der Waals surface area contributed by atoms with Crippen LogP contribution in [0.2, 0.25) is 0 Å². The van der Waals surface area contributed by atoms with Gasteiger partial charge in [0.25, 0.3) is 0 Å². The molecule has 0 aliphatic heterocycles. The fourth-order valence-electron chi connectivity index (χ4n) is 2.66. The van der Waals surface area contributed by atoms with E-state index in [1.54, 1.807) is 6.92 Å². The van der Waals surface area contributed by atoms with Gasteiger partial charge in [-0.2, -0.15) is 0 Å². The van der Waals surface area contributed by atoms with Crippen molar-refractivity contribution in [2.75, 3.05) is 0 Å². The van der Waals surface area contributed by atoms with E-state index in [2.05, 4.69) is 28.1 Å². The second kappa shape index (κ2) is 5.58. The van der Waals surface area contributed by atoms with Gasteiger partial charge in [-0.1, -0.05) is 28.1 Å². The summed E-state index contributed by atoms with van der Waals surface area (Å²) < 4.78 is 6.77. The Balaban J connectivity index is 1.83. The lowest BCUT2D eigenvalue weighted by Gasteiger charge is -2.11. The van der Waals surface area contributed by atoms with Crippen LogP contribution in [-0.2, 0) is 12.8 Å². The Morgan fingerprint density at radius 2 is 1.75 bits per heavy atom. The minimum absolute atomic E-state index is 0.488. The summed E-state index contributed by atoms with van der Waals surface area (Å²) in [5, 5.41) is 9.62.